The summed E-state index contributed by atoms with van der Waals surface area (Å²) in [5, 5.41) is 3.68. The molecule has 2 fully saturated rings. The summed E-state index contributed by atoms with van der Waals surface area (Å²) in [6.07, 6.45) is 7.96. The molecule has 3 amide bonds. The van der Waals surface area contributed by atoms with Crippen LogP contribution < -0.4 is 5.32 Å². The number of imidazole rings is 1. The third-order valence-electron chi connectivity index (χ3n) is 7.40. The second kappa shape index (κ2) is 11.5. The van der Waals surface area contributed by atoms with Gasteiger partial charge in [-0.1, -0.05) is 6.08 Å². The summed E-state index contributed by atoms with van der Waals surface area (Å²) < 4.78 is 2.10. The van der Waals surface area contributed by atoms with Crippen LogP contribution in [0.1, 0.15) is 44.8 Å². The molecule has 2 aromatic heterocycles. The van der Waals surface area contributed by atoms with Gasteiger partial charge in [0.2, 0.25) is 5.91 Å². The number of piperidine rings is 1. The Hall–Kier alpha value is -3.14. The number of pyridine rings is 1. The van der Waals surface area contributed by atoms with Crippen molar-refractivity contribution >= 4 is 28.8 Å². The predicted octanol–water partition coefficient (Wildman–Crippen LogP) is 2.97. The van der Waals surface area contributed by atoms with Gasteiger partial charge in [0.05, 0.1) is 18.1 Å². The number of amides is 3. The highest BCUT2D eigenvalue weighted by Crippen LogP contribution is 2.27. The summed E-state index contributed by atoms with van der Waals surface area (Å²) in [5.41, 5.74) is 3.78. The van der Waals surface area contributed by atoms with Crippen LogP contribution in [-0.4, -0.2) is 112 Å². The van der Waals surface area contributed by atoms with Gasteiger partial charge in [-0.2, -0.15) is 0 Å². The van der Waals surface area contributed by atoms with Gasteiger partial charge in [0.15, 0.2) is 5.65 Å². The number of aromatic nitrogens is 3. The zero-order valence-corrected chi connectivity index (χ0v) is 23.1. The number of hydrogen-bond donors (Lipinski definition) is 1. The van der Waals surface area contributed by atoms with Gasteiger partial charge in [0.1, 0.15) is 5.52 Å². The lowest BCUT2D eigenvalue weighted by Gasteiger charge is -2.37. The summed E-state index contributed by atoms with van der Waals surface area (Å²) in [6.45, 7) is 9.70. The zero-order chi connectivity index (χ0) is 26.7. The average Bonchev–Trinajstić information content (AvgIpc) is 3.51. The number of likely N-dealkylation sites (N-methyl/N-ethyl adjacent to an activating group) is 2. The summed E-state index contributed by atoms with van der Waals surface area (Å²) in [4.78, 5) is 42.7. The number of nitrogens with one attached hydrogen (secondary N) is 1. The van der Waals surface area contributed by atoms with Crippen LogP contribution >= 0.6 is 0 Å². The summed E-state index contributed by atoms with van der Waals surface area (Å²) in [5.74, 6) is 0.0239. The molecule has 2 saturated heterocycles. The third kappa shape index (κ3) is 6.23. The first-order chi connectivity index (χ1) is 17.6. The second-order valence-electron chi connectivity index (χ2n) is 10.9. The Kier molecular flexibility index (Phi) is 8.36. The molecule has 37 heavy (non-hydrogen) atoms. The maximum Gasteiger partial charge on any atom is 0.320 e. The number of urea groups is 1. The second-order valence-corrected chi connectivity index (χ2v) is 10.9. The summed E-state index contributed by atoms with van der Waals surface area (Å²) >= 11 is 0. The molecule has 2 aliphatic rings. The highest BCUT2D eigenvalue weighted by Gasteiger charge is 2.33. The molecule has 0 radical (unpaired) electrons. The molecule has 0 aromatic carbocycles. The molecular weight excluding hydrogens is 468 g/mol. The minimum Gasteiger partial charge on any atom is -0.380 e. The molecule has 4 heterocycles. The van der Waals surface area contributed by atoms with Crippen molar-refractivity contribution in [1.82, 2.24) is 34.1 Å². The Bertz CT molecular complexity index is 1130. The molecule has 0 bridgehead atoms. The van der Waals surface area contributed by atoms with E-state index in [-0.39, 0.29) is 24.0 Å². The van der Waals surface area contributed by atoms with Crippen LogP contribution in [0.3, 0.4) is 0 Å². The van der Waals surface area contributed by atoms with Crippen molar-refractivity contribution in [2.45, 2.75) is 58.2 Å². The first-order valence-electron chi connectivity index (χ1n) is 13.4. The SMILES string of the molecule is Cc1cc(NC2CCN(C(=O)N(C)[C@H]3CCN(C(=O)/C=C/CN(C)C)C3)CC2)c2ncn(C(C)C)c2n1. The molecule has 2 aromatic rings. The number of carbonyl (C=O) groups is 2. The zero-order valence-electron chi connectivity index (χ0n) is 23.1. The molecule has 0 aliphatic carbocycles. The van der Waals surface area contributed by atoms with Gasteiger partial charge >= 0.3 is 6.03 Å². The minimum absolute atomic E-state index is 0.0239. The molecule has 4 rings (SSSR count). The van der Waals surface area contributed by atoms with Crippen LogP contribution in [0.25, 0.3) is 11.2 Å². The standard InChI is InChI=1S/C27H42N8O2/c1-19(2)35-18-28-25-23(16-20(3)29-26(25)35)30-21-9-13-33(14-10-21)27(37)32(6)22-11-15-34(17-22)24(36)8-7-12-31(4)5/h7-8,16,18-19,21-22H,9-15,17H2,1-6H3,(H,29,30)/b8-7+/t22-/m0/s1. The first-order valence-corrected chi connectivity index (χ1v) is 13.4. The van der Waals surface area contributed by atoms with Crippen molar-refractivity contribution in [2.24, 2.45) is 0 Å². The van der Waals surface area contributed by atoms with E-state index in [9.17, 15) is 9.59 Å². The van der Waals surface area contributed by atoms with Crippen LogP contribution in [0, 0.1) is 6.92 Å². The number of likely N-dealkylation sites (tertiary alicyclic amines) is 2. The summed E-state index contributed by atoms with van der Waals surface area (Å²) in [7, 11) is 5.82. The van der Waals surface area contributed by atoms with Gasteiger partial charge in [-0.05, 0) is 60.2 Å². The van der Waals surface area contributed by atoms with Gasteiger partial charge in [-0.15, -0.1) is 0 Å². The number of anilines is 1. The maximum atomic E-state index is 13.2. The lowest BCUT2D eigenvalue weighted by molar-refractivity contribution is -0.125. The molecule has 0 unspecified atom stereocenters. The molecule has 10 heteroatoms. The number of nitrogens with zero attached hydrogens (tertiary/aromatic N) is 7. The van der Waals surface area contributed by atoms with E-state index in [1.807, 2.05) is 60.1 Å². The van der Waals surface area contributed by atoms with Crippen molar-refractivity contribution < 1.29 is 9.59 Å². The van der Waals surface area contributed by atoms with Crippen LogP contribution in [0.5, 0.6) is 0 Å². The van der Waals surface area contributed by atoms with E-state index in [1.54, 1.807) is 6.08 Å². The number of rotatable bonds is 7. The molecule has 1 N–H and O–H groups in total. The highest BCUT2D eigenvalue weighted by atomic mass is 16.2. The van der Waals surface area contributed by atoms with Gasteiger partial charge in [0.25, 0.3) is 0 Å². The fraction of sp³-hybridized carbons (Fsp3) is 0.630. The Balaban J connectivity index is 1.30. The normalized spacial score (nSPS) is 19.1. The molecule has 0 spiro atoms. The monoisotopic (exact) mass is 510 g/mol. The van der Waals surface area contributed by atoms with Crippen LogP contribution in [0.15, 0.2) is 24.5 Å². The van der Waals surface area contributed by atoms with Crippen molar-refractivity contribution in [3.63, 3.8) is 0 Å². The molecular formula is C27H42N8O2. The van der Waals surface area contributed by atoms with Crippen LogP contribution in [0.4, 0.5) is 10.5 Å². The molecule has 1 atom stereocenters. The van der Waals surface area contributed by atoms with E-state index >= 15 is 0 Å². The minimum atomic E-state index is 0.0239. The molecule has 0 saturated carbocycles. The quantitative estimate of drug-likeness (QED) is 0.576. The van der Waals surface area contributed by atoms with Crippen molar-refractivity contribution in [2.75, 3.05) is 59.2 Å². The van der Waals surface area contributed by atoms with Gasteiger partial charge in [0, 0.05) is 63.6 Å². The number of aryl methyl sites for hydroxylation is 1. The van der Waals surface area contributed by atoms with E-state index in [0.29, 0.717) is 32.2 Å². The van der Waals surface area contributed by atoms with Crippen LogP contribution in [0.2, 0.25) is 0 Å². The predicted molar refractivity (Wildman–Crippen MR) is 147 cm³/mol. The lowest BCUT2D eigenvalue weighted by Crippen LogP contribution is -2.50. The van der Waals surface area contributed by atoms with E-state index in [2.05, 4.69) is 34.8 Å². The van der Waals surface area contributed by atoms with Crippen molar-refractivity contribution in [1.29, 1.82) is 0 Å². The van der Waals surface area contributed by atoms with Crippen molar-refractivity contribution in [3.05, 3.63) is 30.2 Å². The van der Waals surface area contributed by atoms with E-state index in [1.165, 1.54) is 0 Å². The molecule has 2 aliphatic heterocycles. The average molecular weight is 511 g/mol. The summed E-state index contributed by atoms with van der Waals surface area (Å²) in [6, 6.07) is 2.74. The van der Waals surface area contributed by atoms with Crippen molar-refractivity contribution in [3.8, 4) is 0 Å². The van der Waals surface area contributed by atoms with Gasteiger partial charge < -0.3 is 29.5 Å². The fourth-order valence-electron chi connectivity index (χ4n) is 5.16. The van der Waals surface area contributed by atoms with E-state index in [0.717, 1.165) is 48.4 Å². The van der Waals surface area contributed by atoms with E-state index < -0.39 is 0 Å². The lowest BCUT2D eigenvalue weighted by atomic mass is 10.0. The maximum absolute atomic E-state index is 13.2. The fourth-order valence-corrected chi connectivity index (χ4v) is 5.16. The number of fused-ring (bicyclic) bond motifs is 1. The largest absolute Gasteiger partial charge is 0.380 e. The molecule has 10 nitrogen and oxygen atoms in total. The van der Waals surface area contributed by atoms with Gasteiger partial charge in [-0.25, -0.2) is 14.8 Å². The van der Waals surface area contributed by atoms with Gasteiger partial charge in [-0.3, -0.25) is 4.79 Å². The Labute approximate surface area is 220 Å². The Morgan fingerprint density at radius 1 is 1.14 bits per heavy atom. The van der Waals surface area contributed by atoms with Crippen LogP contribution in [-0.2, 0) is 4.79 Å². The van der Waals surface area contributed by atoms with E-state index in [4.69, 9.17) is 4.98 Å². The smallest absolute Gasteiger partial charge is 0.320 e. The first kappa shape index (κ1) is 26.9. The molecule has 202 valence electrons. The Morgan fingerprint density at radius 2 is 1.84 bits per heavy atom. The Morgan fingerprint density at radius 3 is 2.51 bits per heavy atom. The number of carbonyl (C=O) groups excluding carboxylic acids is 2. The number of hydrogen-bond acceptors (Lipinski definition) is 6. The highest BCUT2D eigenvalue weighted by molar-refractivity contribution is 5.88. The third-order valence-corrected chi connectivity index (χ3v) is 7.40. The topological polar surface area (TPSA) is 89.8 Å².